The quantitative estimate of drug-likeness (QED) is 0.426. The molecular formula is C26H18FNO5. The van der Waals surface area contributed by atoms with Crippen molar-refractivity contribution in [1.82, 2.24) is 0 Å². The van der Waals surface area contributed by atoms with Crippen molar-refractivity contribution in [2.75, 3.05) is 12.0 Å². The molecule has 3 aromatic carbocycles. The molecule has 33 heavy (non-hydrogen) atoms. The van der Waals surface area contributed by atoms with Gasteiger partial charge >= 0.3 is 5.97 Å². The van der Waals surface area contributed by atoms with E-state index in [1.54, 1.807) is 42.5 Å². The summed E-state index contributed by atoms with van der Waals surface area (Å²) in [4.78, 5) is 40.3. The SMILES string of the molecule is COC(=O)c1ccc(C2c3c(oc4ccc(C)cc4c3=O)C(=O)N2c2ccc(F)cc2)cc1. The standard InChI is InChI=1S/C26H18FNO5/c1-14-3-12-20-19(13-14)23(29)21-22(15-4-6-16(7-5-15)26(31)32-2)28(25(30)24(21)33-20)18-10-8-17(27)9-11-18/h3-13,22H,1-2H3. The number of anilines is 1. The summed E-state index contributed by atoms with van der Waals surface area (Å²) in [6, 6.07) is 16.3. The van der Waals surface area contributed by atoms with Gasteiger partial charge in [0, 0.05) is 5.69 Å². The molecule has 0 saturated heterocycles. The first-order chi connectivity index (χ1) is 15.9. The minimum Gasteiger partial charge on any atom is -0.465 e. The van der Waals surface area contributed by atoms with Crippen LogP contribution in [-0.2, 0) is 4.74 Å². The Labute approximate surface area is 187 Å². The van der Waals surface area contributed by atoms with E-state index in [1.807, 2.05) is 6.92 Å². The fourth-order valence-corrected chi connectivity index (χ4v) is 4.19. The van der Waals surface area contributed by atoms with Crippen LogP contribution in [0.15, 0.2) is 75.9 Å². The number of methoxy groups -OCH3 is 1. The molecule has 5 rings (SSSR count). The number of carbonyl (C=O) groups is 2. The van der Waals surface area contributed by atoms with Crippen molar-refractivity contribution < 1.29 is 23.1 Å². The van der Waals surface area contributed by atoms with Gasteiger partial charge in [0.15, 0.2) is 5.43 Å². The zero-order chi connectivity index (χ0) is 23.3. The predicted octanol–water partition coefficient (Wildman–Crippen LogP) is 4.78. The Hall–Kier alpha value is -4.26. The maximum atomic E-state index is 13.6. The number of aryl methyl sites for hydroxylation is 1. The van der Waals surface area contributed by atoms with Crippen molar-refractivity contribution in [1.29, 1.82) is 0 Å². The van der Waals surface area contributed by atoms with Crippen molar-refractivity contribution in [2.45, 2.75) is 13.0 Å². The second kappa shape index (κ2) is 7.70. The Morgan fingerprint density at radius 3 is 2.36 bits per heavy atom. The van der Waals surface area contributed by atoms with Gasteiger partial charge in [-0.15, -0.1) is 0 Å². The lowest BCUT2D eigenvalue weighted by Crippen LogP contribution is -2.29. The average Bonchev–Trinajstić information content (AvgIpc) is 3.12. The Morgan fingerprint density at radius 2 is 1.70 bits per heavy atom. The van der Waals surface area contributed by atoms with E-state index in [9.17, 15) is 18.8 Å². The summed E-state index contributed by atoms with van der Waals surface area (Å²) >= 11 is 0. The van der Waals surface area contributed by atoms with Gasteiger partial charge in [-0.05, 0) is 61.0 Å². The molecule has 0 saturated carbocycles. The molecule has 164 valence electrons. The molecule has 0 spiro atoms. The number of nitrogens with zero attached hydrogens (tertiary/aromatic N) is 1. The second-order valence-electron chi connectivity index (χ2n) is 7.84. The molecule has 1 aromatic heterocycles. The van der Waals surface area contributed by atoms with Gasteiger partial charge in [0.2, 0.25) is 5.76 Å². The van der Waals surface area contributed by atoms with Crippen LogP contribution in [0.5, 0.6) is 0 Å². The second-order valence-corrected chi connectivity index (χ2v) is 7.84. The highest BCUT2D eigenvalue weighted by Gasteiger charge is 2.43. The molecule has 1 atom stereocenters. The van der Waals surface area contributed by atoms with Gasteiger partial charge in [-0.25, -0.2) is 9.18 Å². The summed E-state index contributed by atoms with van der Waals surface area (Å²) in [5.74, 6) is -1.50. The van der Waals surface area contributed by atoms with Gasteiger partial charge < -0.3 is 9.15 Å². The van der Waals surface area contributed by atoms with E-state index in [1.165, 1.54) is 36.3 Å². The van der Waals surface area contributed by atoms with Crippen LogP contribution >= 0.6 is 0 Å². The van der Waals surface area contributed by atoms with E-state index < -0.39 is 23.7 Å². The summed E-state index contributed by atoms with van der Waals surface area (Å²) in [5, 5.41) is 0.374. The van der Waals surface area contributed by atoms with Gasteiger partial charge in [-0.2, -0.15) is 0 Å². The minimum absolute atomic E-state index is 0.0530. The largest absolute Gasteiger partial charge is 0.465 e. The van der Waals surface area contributed by atoms with Crippen molar-refractivity contribution in [3.8, 4) is 0 Å². The molecule has 7 heteroatoms. The highest BCUT2D eigenvalue weighted by Crippen LogP contribution is 2.41. The molecule has 2 heterocycles. The first-order valence-electron chi connectivity index (χ1n) is 10.2. The topological polar surface area (TPSA) is 76.8 Å². The Morgan fingerprint density at radius 1 is 1.00 bits per heavy atom. The molecule has 0 bridgehead atoms. The number of hydrogen-bond acceptors (Lipinski definition) is 5. The Bertz CT molecular complexity index is 1470. The van der Waals surface area contributed by atoms with E-state index in [0.717, 1.165) is 5.56 Å². The van der Waals surface area contributed by atoms with E-state index in [0.29, 0.717) is 27.8 Å². The number of amides is 1. The first-order valence-corrected chi connectivity index (χ1v) is 10.2. The lowest BCUT2D eigenvalue weighted by atomic mass is 9.97. The van der Waals surface area contributed by atoms with Crippen molar-refractivity contribution in [3.05, 3.63) is 111 Å². The number of hydrogen-bond donors (Lipinski definition) is 0. The summed E-state index contributed by atoms with van der Waals surface area (Å²) in [5.41, 5.74) is 2.43. The summed E-state index contributed by atoms with van der Waals surface area (Å²) in [6.45, 7) is 1.87. The molecule has 1 unspecified atom stereocenters. The number of esters is 1. The third-order valence-electron chi connectivity index (χ3n) is 5.78. The van der Waals surface area contributed by atoms with Crippen LogP contribution in [0.3, 0.4) is 0 Å². The third kappa shape index (κ3) is 3.29. The van der Waals surface area contributed by atoms with Gasteiger partial charge in [-0.3, -0.25) is 14.5 Å². The van der Waals surface area contributed by atoms with Crippen LogP contribution in [0.25, 0.3) is 11.0 Å². The van der Waals surface area contributed by atoms with Crippen LogP contribution in [-0.4, -0.2) is 19.0 Å². The zero-order valence-electron chi connectivity index (χ0n) is 17.8. The number of carbonyl (C=O) groups excluding carboxylic acids is 2. The number of halogens is 1. The van der Waals surface area contributed by atoms with E-state index >= 15 is 0 Å². The molecule has 0 radical (unpaired) electrons. The minimum atomic E-state index is -0.814. The molecule has 0 N–H and O–H groups in total. The zero-order valence-corrected chi connectivity index (χ0v) is 17.8. The summed E-state index contributed by atoms with van der Waals surface area (Å²) in [6.07, 6.45) is 0. The Balaban J connectivity index is 1.76. The normalized spacial score (nSPS) is 15.1. The predicted molar refractivity (Wildman–Crippen MR) is 120 cm³/mol. The molecule has 0 fully saturated rings. The van der Waals surface area contributed by atoms with Gasteiger partial charge in [0.25, 0.3) is 5.91 Å². The monoisotopic (exact) mass is 443 g/mol. The molecule has 0 aliphatic carbocycles. The van der Waals surface area contributed by atoms with E-state index in [4.69, 9.17) is 9.15 Å². The van der Waals surface area contributed by atoms with Crippen LogP contribution in [0, 0.1) is 12.7 Å². The van der Waals surface area contributed by atoms with Crippen molar-refractivity contribution in [3.63, 3.8) is 0 Å². The van der Waals surface area contributed by atoms with Crippen molar-refractivity contribution in [2.24, 2.45) is 0 Å². The molecule has 1 aliphatic rings. The summed E-state index contributed by atoms with van der Waals surface area (Å²) in [7, 11) is 1.29. The molecule has 1 aliphatic heterocycles. The number of benzene rings is 3. The third-order valence-corrected chi connectivity index (χ3v) is 5.78. The smallest absolute Gasteiger partial charge is 0.337 e. The van der Waals surface area contributed by atoms with E-state index in [2.05, 4.69) is 0 Å². The molecule has 1 amide bonds. The van der Waals surface area contributed by atoms with Crippen LogP contribution in [0.1, 0.15) is 43.6 Å². The van der Waals surface area contributed by atoms with Crippen LogP contribution < -0.4 is 10.3 Å². The first kappa shape index (κ1) is 20.6. The fourth-order valence-electron chi connectivity index (χ4n) is 4.19. The highest BCUT2D eigenvalue weighted by molar-refractivity contribution is 6.10. The Kier molecular flexibility index (Phi) is 4.82. The molecule has 4 aromatic rings. The lowest BCUT2D eigenvalue weighted by Gasteiger charge is -2.25. The van der Waals surface area contributed by atoms with Crippen molar-refractivity contribution >= 4 is 28.5 Å². The molecular weight excluding hydrogens is 425 g/mol. The maximum Gasteiger partial charge on any atom is 0.337 e. The average molecular weight is 443 g/mol. The van der Waals surface area contributed by atoms with Gasteiger partial charge in [-0.1, -0.05) is 23.8 Å². The number of ether oxygens (including phenoxy) is 1. The number of rotatable bonds is 3. The van der Waals surface area contributed by atoms with E-state index in [-0.39, 0.29) is 16.8 Å². The van der Waals surface area contributed by atoms with Gasteiger partial charge in [0.1, 0.15) is 11.4 Å². The maximum absolute atomic E-state index is 13.6. The van der Waals surface area contributed by atoms with Crippen LogP contribution in [0.2, 0.25) is 0 Å². The van der Waals surface area contributed by atoms with Crippen LogP contribution in [0.4, 0.5) is 10.1 Å². The number of fused-ring (bicyclic) bond motifs is 2. The fraction of sp³-hybridized carbons (Fsp3) is 0.115. The lowest BCUT2D eigenvalue weighted by molar-refractivity contribution is 0.0600. The highest BCUT2D eigenvalue weighted by atomic mass is 19.1. The summed E-state index contributed by atoms with van der Waals surface area (Å²) < 4.78 is 24.3. The molecule has 6 nitrogen and oxygen atoms in total. The van der Waals surface area contributed by atoms with Gasteiger partial charge in [0.05, 0.1) is 29.7 Å².